The fraction of sp³-hybridized carbons (Fsp3) is 0.619. The highest BCUT2D eigenvalue weighted by Gasteiger charge is 2.24. The van der Waals surface area contributed by atoms with Crippen LogP contribution in [0.15, 0.2) is 24.3 Å². The van der Waals surface area contributed by atoms with E-state index in [1.165, 1.54) is 0 Å². The van der Waals surface area contributed by atoms with E-state index in [1.54, 1.807) is 7.11 Å². The first-order valence-corrected chi connectivity index (χ1v) is 9.86. The zero-order valence-corrected chi connectivity index (χ0v) is 17.4. The van der Waals surface area contributed by atoms with Crippen LogP contribution >= 0.6 is 0 Å². The second-order valence-electron chi connectivity index (χ2n) is 8.14. The summed E-state index contributed by atoms with van der Waals surface area (Å²) in [5.74, 6) is 0.865. The zero-order valence-electron chi connectivity index (χ0n) is 17.4. The van der Waals surface area contributed by atoms with Gasteiger partial charge in [0.25, 0.3) is 0 Å². The van der Waals surface area contributed by atoms with Gasteiger partial charge in [0.2, 0.25) is 5.91 Å². The van der Waals surface area contributed by atoms with E-state index in [2.05, 4.69) is 15.5 Å². The SMILES string of the molecule is COc1ccc(CCNC(=O)CN2CCC(NC(=O)OC(C)(C)C)CC2)cc1. The number of rotatable bonds is 7. The molecule has 0 atom stereocenters. The van der Waals surface area contributed by atoms with Gasteiger partial charge in [0.05, 0.1) is 13.7 Å². The molecule has 7 heteroatoms. The largest absolute Gasteiger partial charge is 0.497 e. The van der Waals surface area contributed by atoms with Crippen LogP contribution in [0, 0.1) is 0 Å². The van der Waals surface area contributed by atoms with Gasteiger partial charge < -0.3 is 20.1 Å². The van der Waals surface area contributed by atoms with Crippen molar-refractivity contribution >= 4 is 12.0 Å². The average Bonchev–Trinajstić information content (AvgIpc) is 2.62. The summed E-state index contributed by atoms with van der Waals surface area (Å²) in [6.07, 6.45) is 2.05. The number of benzene rings is 1. The molecule has 1 heterocycles. The van der Waals surface area contributed by atoms with Gasteiger partial charge in [-0.3, -0.25) is 9.69 Å². The summed E-state index contributed by atoms with van der Waals surface area (Å²) in [6.45, 7) is 8.12. The normalized spacial score (nSPS) is 15.7. The Balaban J connectivity index is 1.61. The number of likely N-dealkylation sites (tertiary alicyclic amines) is 1. The van der Waals surface area contributed by atoms with Crippen LogP contribution in [0.4, 0.5) is 4.79 Å². The lowest BCUT2D eigenvalue weighted by Gasteiger charge is -2.32. The molecule has 1 saturated heterocycles. The van der Waals surface area contributed by atoms with Crippen molar-refractivity contribution in [1.29, 1.82) is 0 Å². The summed E-state index contributed by atoms with van der Waals surface area (Å²) in [4.78, 5) is 26.1. The predicted octanol–water partition coefficient (Wildman–Crippen LogP) is 2.34. The van der Waals surface area contributed by atoms with Crippen LogP contribution in [-0.2, 0) is 16.0 Å². The molecule has 1 aliphatic rings. The first-order valence-electron chi connectivity index (χ1n) is 9.86. The first-order chi connectivity index (χ1) is 13.2. The molecule has 2 rings (SSSR count). The first kappa shape index (κ1) is 22.0. The Morgan fingerprint density at radius 3 is 2.36 bits per heavy atom. The van der Waals surface area contributed by atoms with Crippen molar-refractivity contribution in [3.63, 3.8) is 0 Å². The van der Waals surface area contributed by atoms with Crippen LogP contribution in [0.1, 0.15) is 39.2 Å². The van der Waals surface area contributed by atoms with Crippen LogP contribution < -0.4 is 15.4 Å². The molecule has 156 valence electrons. The minimum Gasteiger partial charge on any atom is -0.497 e. The van der Waals surface area contributed by atoms with Gasteiger partial charge in [-0.25, -0.2) is 4.79 Å². The molecule has 0 bridgehead atoms. The Bertz CT molecular complexity index is 632. The highest BCUT2D eigenvalue weighted by molar-refractivity contribution is 5.78. The molecule has 2 amide bonds. The van der Waals surface area contributed by atoms with Gasteiger partial charge in [-0.1, -0.05) is 12.1 Å². The predicted molar refractivity (Wildman–Crippen MR) is 109 cm³/mol. The van der Waals surface area contributed by atoms with Gasteiger partial charge in [0.15, 0.2) is 0 Å². The Labute approximate surface area is 167 Å². The monoisotopic (exact) mass is 391 g/mol. The minimum absolute atomic E-state index is 0.0343. The minimum atomic E-state index is -0.491. The van der Waals surface area contributed by atoms with Crippen molar-refractivity contribution in [3.05, 3.63) is 29.8 Å². The van der Waals surface area contributed by atoms with Crippen molar-refractivity contribution < 1.29 is 19.1 Å². The third-order valence-electron chi connectivity index (χ3n) is 4.57. The number of carbonyl (C=O) groups is 2. The Morgan fingerprint density at radius 1 is 1.14 bits per heavy atom. The standard InChI is InChI=1S/C21H33N3O4/c1-21(2,3)28-20(26)23-17-10-13-24(14-11-17)15-19(25)22-12-9-16-5-7-18(27-4)8-6-16/h5-8,17H,9-15H2,1-4H3,(H,22,25)(H,23,26). The number of alkyl carbamates (subject to hydrolysis) is 1. The zero-order chi connectivity index (χ0) is 20.6. The highest BCUT2D eigenvalue weighted by atomic mass is 16.6. The van der Waals surface area contributed by atoms with Gasteiger partial charge in [0, 0.05) is 25.7 Å². The number of nitrogens with one attached hydrogen (secondary N) is 2. The topological polar surface area (TPSA) is 79.9 Å². The van der Waals surface area contributed by atoms with E-state index in [0.29, 0.717) is 13.1 Å². The van der Waals surface area contributed by atoms with Crippen LogP contribution in [-0.4, -0.2) is 61.8 Å². The summed E-state index contributed by atoms with van der Waals surface area (Å²) in [6, 6.07) is 7.96. The molecular weight excluding hydrogens is 358 g/mol. The number of nitrogens with zero attached hydrogens (tertiary/aromatic N) is 1. The molecule has 7 nitrogen and oxygen atoms in total. The molecule has 0 radical (unpaired) electrons. The van der Waals surface area contributed by atoms with E-state index in [-0.39, 0.29) is 18.0 Å². The number of hydrogen-bond acceptors (Lipinski definition) is 5. The van der Waals surface area contributed by atoms with Gasteiger partial charge >= 0.3 is 6.09 Å². The quantitative estimate of drug-likeness (QED) is 0.746. The van der Waals surface area contributed by atoms with Crippen LogP contribution in [0.2, 0.25) is 0 Å². The van der Waals surface area contributed by atoms with Gasteiger partial charge in [-0.2, -0.15) is 0 Å². The summed E-state index contributed by atoms with van der Waals surface area (Å²) >= 11 is 0. The third-order valence-corrected chi connectivity index (χ3v) is 4.57. The summed E-state index contributed by atoms with van der Waals surface area (Å²) in [5.41, 5.74) is 0.671. The molecular formula is C21H33N3O4. The number of methoxy groups -OCH3 is 1. The lowest BCUT2D eigenvalue weighted by molar-refractivity contribution is -0.122. The Morgan fingerprint density at radius 2 is 1.79 bits per heavy atom. The fourth-order valence-corrected chi connectivity index (χ4v) is 3.11. The van der Waals surface area contributed by atoms with E-state index in [9.17, 15) is 9.59 Å². The Kier molecular flexibility index (Phi) is 8.11. The number of piperidine rings is 1. The molecule has 2 N–H and O–H groups in total. The molecule has 0 aromatic heterocycles. The van der Waals surface area contributed by atoms with Gasteiger partial charge in [-0.15, -0.1) is 0 Å². The van der Waals surface area contributed by atoms with Crippen molar-refractivity contribution in [2.75, 3.05) is 33.3 Å². The summed E-state index contributed by atoms with van der Waals surface area (Å²) < 4.78 is 10.4. The molecule has 1 aromatic rings. The lowest BCUT2D eigenvalue weighted by atomic mass is 10.1. The second-order valence-corrected chi connectivity index (χ2v) is 8.14. The number of hydrogen-bond donors (Lipinski definition) is 2. The summed E-state index contributed by atoms with van der Waals surface area (Å²) in [7, 11) is 1.64. The smallest absolute Gasteiger partial charge is 0.407 e. The molecule has 0 unspecified atom stereocenters. The maximum atomic E-state index is 12.2. The summed E-state index contributed by atoms with van der Waals surface area (Å²) in [5, 5.41) is 5.89. The molecule has 0 spiro atoms. The lowest BCUT2D eigenvalue weighted by Crippen LogP contribution is -2.48. The molecule has 1 aliphatic heterocycles. The fourth-order valence-electron chi connectivity index (χ4n) is 3.11. The maximum Gasteiger partial charge on any atom is 0.407 e. The second kappa shape index (κ2) is 10.3. The van der Waals surface area contributed by atoms with Crippen LogP contribution in [0.5, 0.6) is 5.75 Å². The van der Waals surface area contributed by atoms with Crippen LogP contribution in [0.25, 0.3) is 0 Å². The maximum absolute atomic E-state index is 12.2. The number of ether oxygens (including phenoxy) is 2. The van der Waals surface area contributed by atoms with Crippen molar-refractivity contribution in [2.24, 2.45) is 0 Å². The average molecular weight is 392 g/mol. The highest BCUT2D eigenvalue weighted by Crippen LogP contribution is 2.13. The molecule has 1 aromatic carbocycles. The molecule has 0 saturated carbocycles. The molecule has 28 heavy (non-hydrogen) atoms. The van der Waals surface area contributed by atoms with Gasteiger partial charge in [0.1, 0.15) is 11.4 Å². The van der Waals surface area contributed by atoms with Crippen molar-refractivity contribution in [1.82, 2.24) is 15.5 Å². The van der Waals surface area contributed by atoms with E-state index < -0.39 is 5.60 Å². The van der Waals surface area contributed by atoms with E-state index in [0.717, 1.165) is 43.7 Å². The van der Waals surface area contributed by atoms with Crippen molar-refractivity contribution in [2.45, 2.75) is 51.7 Å². The number of amides is 2. The van der Waals surface area contributed by atoms with Crippen molar-refractivity contribution in [3.8, 4) is 5.75 Å². The molecule has 0 aliphatic carbocycles. The van der Waals surface area contributed by atoms with Crippen LogP contribution in [0.3, 0.4) is 0 Å². The van der Waals surface area contributed by atoms with Gasteiger partial charge in [-0.05, 0) is 57.7 Å². The van der Waals surface area contributed by atoms with E-state index in [4.69, 9.17) is 9.47 Å². The van der Waals surface area contributed by atoms with E-state index >= 15 is 0 Å². The third kappa shape index (κ3) is 8.17. The molecule has 1 fully saturated rings. The van der Waals surface area contributed by atoms with E-state index in [1.807, 2.05) is 45.0 Å². The Hall–Kier alpha value is -2.28. The number of carbonyl (C=O) groups excluding carboxylic acids is 2.